The second-order valence-electron chi connectivity index (χ2n) is 10.4. The number of nitrogens with two attached hydrogens (primary N) is 1. The Morgan fingerprint density at radius 3 is 2.74 bits per heavy atom. The number of hydrogen-bond donors (Lipinski definition) is 5. The van der Waals surface area contributed by atoms with Gasteiger partial charge in [-0.3, -0.25) is 9.36 Å². The van der Waals surface area contributed by atoms with Gasteiger partial charge in [0.25, 0.3) is 5.91 Å². The number of imidazole rings is 1. The fraction of sp³-hybridized carbons (Fsp3) is 0.667. The van der Waals surface area contributed by atoms with Crippen molar-refractivity contribution in [2.24, 2.45) is 11.3 Å². The molecule has 0 spiro atoms. The van der Waals surface area contributed by atoms with E-state index >= 15 is 0 Å². The minimum absolute atomic E-state index is 0.00224. The fourth-order valence-electron chi connectivity index (χ4n) is 5.18. The lowest BCUT2D eigenvalue weighted by Gasteiger charge is -2.43. The van der Waals surface area contributed by atoms with Gasteiger partial charge in [0, 0.05) is 12.5 Å². The van der Waals surface area contributed by atoms with Crippen LogP contribution in [-0.2, 0) is 9.53 Å². The minimum atomic E-state index is -1.43. The largest absolute Gasteiger partial charge is 0.387 e. The normalized spacial score (nSPS) is 31.2. The molecule has 2 aliphatic rings. The molecule has 35 heavy (non-hydrogen) atoms. The van der Waals surface area contributed by atoms with Crippen molar-refractivity contribution in [2.45, 2.75) is 83.5 Å². The number of ether oxygens (including phenoxy) is 1. The second kappa shape index (κ2) is 9.35. The Balaban J connectivity index is 1.69. The van der Waals surface area contributed by atoms with Crippen molar-refractivity contribution in [3.05, 3.63) is 12.2 Å². The molecule has 2 aromatic rings. The Morgan fingerprint density at radius 2 is 2.06 bits per heavy atom. The van der Waals surface area contributed by atoms with Gasteiger partial charge in [0.15, 0.2) is 23.8 Å². The average molecular weight is 487 g/mol. The van der Waals surface area contributed by atoms with Gasteiger partial charge in [-0.25, -0.2) is 15.0 Å². The van der Waals surface area contributed by atoms with Crippen molar-refractivity contribution in [2.75, 3.05) is 12.3 Å². The van der Waals surface area contributed by atoms with E-state index < -0.39 is 36.0 Å². The first-order chi connectivity index (χ1) is 16.5. The number of rotatable bonds is 3. The van der Waals surface area contributed by atoms with Crippen molar-refractivity contribution in [3.8, 4) is 11.8 Å². The monoisotopic (exact) mass is 486 g/mol. The van der Waals surface area contributed by atoms with Crippen LogP contribution in [0.3, 0.4) is 0 Å². The lowest BCUT2D eigenvalue weighted by atomic mass is 9.64. The summed E-state index contributed by atoms with van der Waals surface area (Å²) in [5, 5.41) is 34.9. The predicted molar refractivity (Wildman–Crippen MR) is 128 cm³/mol. The highest BCUT2D eigenvalue weighted by Gasteiger charge is 2.48. The molecule has 4 rings (SSSR count). The lowest BCUT2D eigenvalue weighted by molar-refractivity contribution is -0.137. The van der Waals surface area contributed by atoms with Crippen molar-refractivity contribution in [1.82, 2.24) is 24.8 Å². The van der Waals surface area contributed by atoms with Gasteiger partial charge in [-0.05, 0) is 37.5 Å². The van der Waals surface area contributed by atoms with Gasteiger partial charge in [0.05, 0.1) is 6.33 Å². The number of aliphatic hydroxyl groups excluding tert-OH is 2. The van der Waals surface area contributed by atoms with Gasteiger partial charge in [-0.2, -0.15) is 0 Å². The minimum Gasteiger partial charge on any atom is -0.387 e. The SMILES string of the molecule is CCNC(=O)[C@H]1O[C@@H](n2cnc3c(N)nc(C#CC4(O)CCCCC4C(C)(C)C)nc32)[C@@H](O)C1O. The average Bonchev–Trinajstić information content (AvgIpc) is 3.33. The Hall–Kier alpha value is -2.78. The molecule has 0 radical (unpaired) electrons. The van der Waals surface area contributed by atoms with Crippen LogP contribution in [0, 0.1) is 23.2 Å². The summed E-state index contributed by atoms with van der Waals surface area (Å²) in [4.78, 5) is 25.1. The van der Waals surface area contributed by atoms with E-state index in [1.54, 1.807) is 6.92 Å². The van der Waals surface area contributed by atoms with Gasteiger partial charge in [0.2, 0.25) is 5.82 Å². The molecule has 2 fully saturated rings. The summed E-state index contributed by atoms with van der Waals surface area (Å²) >= 11 is 0. The number of likely N-dealkylation sites (N-methyl/N-ethyl adjacent to an activating group) is 1. The topological polar surface area (TPSA) is 169 Å². The van der Waals surface area contributed by atoms with E-state index in [-0.39, 0.29) is 34.1 Å². The van der Waals surface area contributed by atoms with Gasteiger partial charge < -0.3 is 31.1 Å². The van der Waals surface area contributed by atoms with Crippen LogP contribution >= 0.6 is 0 Å². The third-order valence-corrected chi connectivity index (χ3v) is 6.88. The number of anilines is 1. The highest BCUT2D eigenvalue weighted by molar-refractivity contribution is 5.83. The van der Waals surface area contributed by atoms with Crippen LogP contribution in [0.4, 0.5) is 5.82 Å². The molecule has 1 aliphatic heterocycles. The van der Waals surface area contributed by atoms with E-state index in [0.717, 1.165) is 19.3 Å². The quantitative estimate of drug-likeness (QED) is 0.387. The van der Waals surface area contributed by atoms with Crippen LogP contribution in [0.2, 0.25) is 0 Å². The summed E-state index contributed by atoms with van der Waals surface area (Å²) in [7, 11) is 0. The first-order valence-electron chi connectivity index (χ1n) is 12.0. The lowest BCUT2D eigenvalue weighted by Crippen LogP contribution is -2.45. The maximum atomic E-state index is 12.2. The Labute approximate surface area is 204 Å². The zero-order chi connectivity index (χ0) is 25.5. The van der Waals surface area contributed by atoms with Gasteiger partial charge in [0.1, 0.15) is 23.3 Å². The summed E-state index contributed by atoms with van der Waals surface area (Å²) < 4.78 is 7.09. The first-order valence-corrected chi connectivity index (χ1v) is 12.0. The third-order valence-electron chi connectivity index (χ3n) is 6.88. The molecule has 3 heterocycles. The van der Waals surface area contributed by atoms with Crippen molar-refractivity contribution in [1.29, 1.82) is 0 Å². The summed E-state index contributed by atoms with van der Waals surface area (Å²) in [6.45, 7) is 8.40. The number of nitrogens with zero attached hydrogens (tertiary/aromatic N) is 4. The summed E-state index contributed by atoms with van der Waals surface area (Å²) in [5.74, 6) is 5.56. The van der Waals surface area contributed by atoms with E-state index in [0.29, 0.717) is 13.0 Å². The van der Waals surface area contributed by atoms with Crippen LogP contribution < -0.4 is 11.1 Å². The number of aliphatic hydroxyl groups is 3. The molecule has 0 bridgehead atoms. The van der Waals surface area contributed by atoms with Crippen LogP contribution in [0.5, 0.6) is 0 Å². The molecule has 3 unspecified atom stereocenters. The number of amides is 1. The summed E-state index contributed by atoms with van der Waals surface area (Å²) in [6, 6.07) is 0. The number of carbonyl (C=O) groups excluding carboxylic acids is 1. The summed E-state index contributed by atoms with van der Waals surface area (Å²) in [5.41, 5.74) is 5.32. The van der Waals surface area contributed by atoms with Crippen LogP contribution in [0.25, 0.3) is 11.2 Å². The number of hydrogen-bond acceptors (Lipinski definition) is 9. The molecule has 11 nitrogen and oxygen atoms in total. The second-order valence-corrected chi connectivity index (χ2v) is 10.4. The van der Waals surface area contributed by atoms with Crippen molar-refractivity contribution >= 4 is 22.9 Å². The molecule has 2 aromatic heterocycles. The number of carbonyl (C=O) groups is 1. The van der Waals surface area contributed by atoms with E-state index in [1.807, 2.05) is 0 Å². The molecule has 0 aromatic carbocycles. The van der Waals surface area contributed by atoms with Crippen molar-refractivity contribution in [3.63, 3.8) is 0 Å². The van der Waals surface area contributed by atoms with Crippen LogP contribution in [-0.4, -0.2) is 71.2 Å². The van der Waals surface area contributed by atoms with Gasteiger partial charge in [-0.1, -0.05) is 33.1 Å². The Kier molecular flexibility index (Phi) is 6.76. The number of nitrogen functional groups attached to an aromatic ring is 1. The number of nitrogens with one attached hydrogen (secondary N) is 1. The van der Waals surface area contributed by atoms with Crippen LogP contribution in [0.15, 0.2) is 6.33 Å². The van der Waals surface area contributed by atoms with Gasteiger partial charge in [-0.15, -0.1) is 0 Å². The predicted octanol–water partition coefficient (Wildman–Crippen LogP) is 0.483. The highest BCUT2D eigenvalue weighted by atomic mass is 16.6. The molecule has 1 amide bonds. The number of fused-ring (bicyclic) bond motifs is 1. The first kappa shape index (κ1) is 25.3. The Bertz CT molecular complexity index is 1160. The molecule has 190 valence electrons. The smallest absolute Gasteiger partial charge is 0.252 e. The third kappa shape index (κ3) is 4.71. The maximum Gasteiger partial charge on any atom is 0.252 e. The summed E-state index contributed by atoms with van der Waals surface area (Å²) in [6.07, 6.45) is -0.456. The molecule has 1 aliphatic carbocycles. The van der Waals surface area contributed by atoms with E-state index in [1.165, 1.54) is 10.9 Å². The Morgan fingerprint density at radius 1 is 1.31 bits per heavy atom. The molecule has 6 atom stereocenters. The van der Waals surface area contributed by atoms with Gasteiger partial charge >= 0.3 is 0 Å². The van der Waals surface area contributed by atoms with E-state index in [2.05, 4.69) is 52.9 Å². The standard InChI is InChI=1S/C24H34N6O5/c1-5-26-21(33)18-16(31)17(32)22(35-18)30-12-27-15-19(25)28-14(29-20(15)30)9-11-24(34)10-7-6-8-13(24)23(2,3)4/h12-13,16-18,22,31-32,34H,5-8,10H2,1-4H3,(H,26,33)(H2,25,28,29)/t13?,16?,17-,18-,22+,24?/m0/s1. The maximum absolute atomic E-state index is 12.2. The molecular formula is C24H34N6O5. The zero-order valence-electron chi connectivity index (χ0n) is 20.5. The van der Waals surface area contributed by atoms with E-state index in [4.69, 9.17) is 10.5 Å². The molecule has 1 saturated heterocycles. The number of aromatic nitrogens is 4. The highest BCUT2D eigenvalue weighted by Crippen LogP contribution is 2.44. The zero-order valence-corrected chi connectivity index (χ0v) is 20.5. The van der Waals surface area contributed by atoms with Crippen LogP contribution in [0.1, 0.15) is 65.4 Å². The fourth-order valence-corrected chi connectivity index (χ4v) is 5.18. The molecule has 1 saturated carbocycles. The van der Waals surface area contributed by atoms with Crippen molar-refractivity contribution < 1.29 is 24.9 Å². The van der Waals surface area contributed by atoms with E-state index in [9.17, 15) is 20.1 Å². The molecular weight excluding hydrogens is 452 g/mol. The molecule has 11 heteroatoms. The molecule has 6 N–H and O–H groups in total.